The highest BCUT2D eigenvalue weighted by Crippen LogP contribution is 2.16. The number of aromatic nitrogens is 1. The zero-order valence-corrected chi connectivity index (χ0v) is 12.6. The summed E-state index contributed by atoms with van der Waals surface area (Å²) < 4.78 is 18.7. The average molecular weight is 300 g/mol. The van der Waals surface area contributed by atoms with Crippen LogP contribution in [0.2, 0.25) is 0 Å². The van der Waals surface area contributed by atoms with Gasteiger partial charge >= 0.3 is 0 Å². The van der Waals surface area contributed by atoms with Crippen LogP contribution in [0.15, 0.2) is 48.8 Å². The maximum Gasteiger partial charge on any atom is 0.123 e. The van der Waals surface area contributed by atoms with E-state index in [9.17, 15) is 4.39 Å². The topological polar surface area (TPSA) is 25.4 Å². The predicted octanol–water partition coefficient (Wildman–Crippen LogP) is 2.91. The van der Waals surface area contributed by atoms with Crippen molar-refractivity contribution >= 4 is 0 Å². The minimum Gasteiger partial charge on any atom is -0.380 e. The van der Waals surface area contributed by atoms with Crippen molar-refractivity contribution in [1.29, 1.82) is 0 Å². The maximum atomic E-state index is 13.0. The van der Waals surface area contributed by atoms with Crippen molar-refractivity contribution in [2.24, 2.45) is 5.92 Å². The molecule has 4 heteroatoms. The van der Waals surface area contributed by atoms with Crippen LogP contribution < -0.4 is 0 Å². The Kier molecular flexibility index (Phi) is 5.14. The van der Waals surface area contributed by atoms with Gasteiger partial charge in [0.2, 0.25) is 0 Å². The van der Waals surface area contributed by atoms with Gasteiger partial charge in [-0.25, -0.2) is 4.39 Å². The summed E-state index contributed by atoms with van der Waals surface area (Å²) in [5.41, 5.74) is 2.39. The number of halogens is 1. The molecule has 0 bridgehead atoms. The minimum absolute atomic E-state index is 0.181. The molecule has 2 heterocycles. The summed E-state index contributed by atoms with van der Waals surface area (Å²) in [5.74, 6) is 0.253. The van der Waals surface area contributed by atoms with Crippen molar-refractivity contribution in [3.63, 3.8) is 0 Å². The van der Waals surface area contributed by atoms with Crippen LogP contribution >= 0.6 is 0 Å². The Morgan fingerprint density at radius 3 is 2.82 bits per heavy atom. The summed E-state index contributed by atoms with van der Waals surface area (Å²) in [6, 6.07) is 10.9. The highest BCUT2D eigenvalue weighted by molar-refractivity contribution is 5.17. The van der Waals surface area contributed by atoms with E-state index in [1.165, 1.54) is 23.3 Å². The lowest BCUT2D eigenvalue weighted by atomic mass is 9.99. The Bertz CT molecular complexity index is 573. The highest BCUT2D eigenvalue weighted by atomic mass is 19.1. The monoisotopic (exact) mass is 300 g/mol. The second kappa shape index (κ2) is 7.47. The fraction of sp³-hybridized carbons (Fsp3) is 0.389. The third-order valence-corrected chi connectivity index (χ3v) is 3.99. The third kappa shape index (κ3) is 4.36. The van der Waals surface area contributed by atoms with Crippen LogP contribution in [-0.4, -0.2) is 36.2 Å². The molecule has 1 atom stereocenters. The number of ether oxygens (including phenoxy) is 1. The van der Waals surface area contributed by atoms with Gasteiger partial charge in [0, 0.05) is 32.0 Å². The number of benzene rings is 1. The van der Waals surface area contributed by atoms with Gasteiger partial charge < -0.3 is 4.74 Å². The van der Waals surface area contributed by atoms with Crippen LogP contribution in [0.25, 0.3) is 0 Å². The molecular formula is C18H21FN2O. The van der Waals surface area contributed by atoms with E-state index in [4.69, 9.17) is 4.74 Å². The third-order valence-electron chi connectivity index (χ3n) is 3.99. The van der Waals surface area contributed by atoms with Gasteiger partial charge in [0.25, 0.3) is 0 Å². The van der Waals surface area contributed by atoms with Crippen molar-refractivity contribution in [3.05, 3.63) is 65.7 Å². The van der Waals surface area contributed by atoms with Gasteiger partial charge in [-0.2, -0.15) is 0 Å². The maximum absolute atomic E-state index is 13.0. The molecule has 1 aromatic heterocycles. The molecule has 22 heavy (non-hydrogen) atoms. The predicted molar refractivity (Wildman–Crippen MR) is 83.9 cm³/mol. The van der Waals surface area contributed by atoms with E-state index < -0.39 is 0 Å². The first-order chi connectivity index (χ1) is 10.8. The van der Waals surface area contributed by atoms with Crippen LogP contribution in [0.3, 0.4) is 0 Å². The number of hydrogen-bond donors (Lipinski definition) is 0. The minimum atomic E-state index is -0.181. The highest BCUT2D eigenvalue weighted by Gasteiger charge is 2.19. The van der Waals surface area contributed by atoms with E-state index in [0.29, 0.717) is 5.92 Å². The molecule has 0 radical (unpaired) electrons. The lowest BCUT2D eigenvalue weighted by Gasteiger charge is -2.23. The molecular weight excluding hydrogens is 279 g/mol. The van der Waals surface area contributed by atoms with E-state index in [2.05, 4.69) is 16.0 Å². The molecule has 0 unspecified atom stereocenters. The van der Waals surface area contributed by atoms with Crippen molar-refractivity contribution in [3.8, 4) is 0 Å². The lowest BCUT2D eigenvalue weighted by molar-refractivity contribution is 0.121. The van der Waals surface area contributed by atoms with Crippen molar-refractivity contribution in [2.45, 2.75) is 13.0 Å². The number of pyridine rings is 1. The molecule has 0 aliphatic carbocycles. The van der Waals surface area contributed by atoms with Crippen LogP contribution in [0.4, 0.5) is 4.39 Å². The molecule has 3 rings (SSSR count). The standard InChI is InChI=1S/C18H21FN2O/c19-18-5-3-15(4-6-18)10-17-13-21(8-9-22-14-17)12-16-2-1-7-20-11-16/h1-7,11,17H,8-10,12-14H2/t17-/m0/s1. The largest absolute Gasteiger partial charge is 0.380 e. The zero-order valence-electron chi connectivity index (χ0n) is 12.6. The van der Waals surface area contributed by atoms with E-state index in [0.717, 1.165) is 39.3 Å². The van der Waals surface area contributed by atoms with E-state index in [1.54, 1.807) is 6.20 Å². The SMILES string of the molecule is Fc1ccc(C[C@@H]2COCCN(Cc3cccnc3)C2)cc1. The fourth-order valence-corrected chi connectivity index (χ4v) is 2.92. The fourth-order valence-electron chi connectivity index (χ4n) is 2.92. The summed E-state index contributed by atoms with van der Waals surface area (Å²) >= 11 is 0. The Labute approximate surface area is 130 Å². The Morgan fingerprint density at radius 1 is 1.18 bits per heavy atom. The van der Waals surface area contributed by atoms with E-state index in [-0.39, 0.29) is 5.82 Å². The van der Waals surface area contributed by atoms with Gasteiger partial charge in [-0.15, -0.1) is 0 Å². The van der Waals surface area contributed by atoms with E-state index >= 15 is 0 Å². The molecule has 0 saturated carbocycles. The summed E-state index contributed by atoms with van der Waals surface area (Å²) in [6.07, 6.45) is 4.64. The van der Waals surface area contributed by atoms with Gasteiger partial charge in [-0.1, -0.05) is 18.2 Å². The molecule has 2 aromatic rings. The second-order valence-electron chi connectivity index (χ2n) is 5.87. The van der Waals surface area contributed by atoms with Gasteiger partial charge in [0.1, 0.15) is 5.82 Å². The van der Waals surface area contributed by atoms with Crippen LogP contribution in [-0.2, 0) is 17.7 Å². The molecule has 1 fully saturated rings. The summed E-state index contributed by atoms with van der Waals surface area (Å²) in [7, 11) is 0. The molecule has 3 nitrogen and oxygen atoms in total. The quantitative estimate of drug-likeness (QED) is 0.868. The second-order valence-corrected chi connectivity index (χ2v) is 5.87. The number of rotatable bonds is 4. The smallest absolute Gasteiger partial charge is 0.123 e. The molecule has 0 amide bonds. The van der Waals surface area contributed by atoms with Crippen molar-refractivity contribution in [1.82, 2.24) is 9.88 Å². The first-order valence-corrected chi connectivity index (χ1v) is 7.73. The lowest BCUT2D eigenvalue weighted by Crippen LogP contribution is -2.30. The summed E-state index contributed by atoms with van der Waals surface area (Å²) in [5, 5.41) is 0. The Balaban J connectivity index is 1.61. The van der Waals surface area contributed by atoms with Gasteiger partial charge in [-0.05, 0) is 41.7 Å². The van der Waals surface area contributed by atoms with Gasteiger partial charge in [0.15, 0.2) is 0 Å². The summed E-state index contributed by atoms with van der Waals surface area (Å²) in [4.78, 5) is 6.59. The molecule has 0 N–H and O–H groups in total. The van der Waals surface area contributed by atoms with E-state index in [1.807, 2.05) is 24.4 Å². The molecule has 116 valence electrons. The Hall–Kier alpha value is -1.78. The van der Waals surface area contributed by atoms with Gasteiger partial charge in [0.05, 0.1) is 13.2 Å². The van der Waals surface area contributed by atoms with Crippen LogP contribution in [0.5, 0.6) is 0 Å². The van der Waals surface area contributed by atoms with Gasteiger partial charge in [-0.3, -0.25) is 9.88 Å². The molecule has 1 aliphatic rings. The zero-order chi connectivity index (χ0) is 15.2. The average Bonchev–Trinajstić information content (AvgIpc) is 2.76. The Morgan fingerprint density at radius 2 is 2.05 bits per heavy atom. The first kappa shape index (κ1) is 15.1. The number of hydrogen-bond acceptors (Lipinski definition) is 3. The number of nitrogens with zero attached hydrogens (tertiary/aromatic N) is 2. The molecule has 0 spiro atoms. The summed E-state index contributed by atoms with van der Waals surface area (Å²) in [6.45, 7) is 4.36. The van der Waals surface area contributed by atoms with Crippen molar-refractivity contribution in [2.75, 3.05) is 26.3 Å². The first-order valence-electron chi connectivity index (χ1n) is 7.73. The van der Waals surface area contributed by atoms with Crippen LogP contribution in [0, 0.1) is 11.7 Å². The normalized spacial score (nSPS) is 19.8. The molecule has 1 saturated heterocycles. The molecule has 1 aliphatic heterocycles. The van der Waals surface area contributed by atoms with Crippen LogP contribution in [0.1, 0.15) is 11.1 Å². The van der Waals surface area contributed by atoms with Crippen molar-refractivity contribution < 1.29 is 9.13 Å². The molecule has 1 aromatic carbocycles.